The van der Waals surface area contributed by atoms with Gasteiger partial charge in [-0.05, 0) is 0 Å². The van der Waals surface area contributed by atoms with E-state index in [4.69, 9.17) is 19.3 Å². The highest BCUT2D eigenvalue weighted by atomic mass is 16.7. The van der Waals surface area contributed by atoms with Crippen molar-refractivity contribution in [3.05, 3.63) is 0 Å². The van der Waals surface area contributed by atoms with Gasteiger partial charge in [0.25, 0.3) is 0 Å². The van der Waals surface area contributed by atoms with Crippen LogP contribution in [0.3, 0.4) is 0 Å². The fraction of sp³-hybridized carbons (Fsp3) is 1.00. The molecule has 0 aromatic heterocycles. The van der Waals surface area contributed by atoms with Crippen LogP contribution in [0.5, 0.6) is 0 Å². The van der Waals surface area contributed by atoms with Crippen molar-refractivity contribution in [2.45, 2.75) is 49.2 Å². The zero-order chi connectivity index (χ0) is 14.2. The topological polar surface area (TPSA) is 149 Å². The molecule has 0 radical (unpaired) electrons. The van der Waals surface area contributed by atoms with Crippen molar-refractivity contribution in [2.24, 2.45) is 0 Å². The van der Waals surface area contributed by atoms with E-state index in [-0.39, 0.29) is 13.2 Å². The molecule has 0 amide bonds. The van der Waals surface area contributed by atoms with Gasteiger partial charge in [0.2, 0.25) is 0 Å². The van der Waals surface area contributed by atoms with Crippen LogP contribution in [0.4, 0.5) is 0 Å². The molecule has 0 saturated carbocycles. The molecule has 8 atom stereocenters. The molecule has 0 unspecified atom stereocenters. The molecule has 2 rings (SSSR count). The van der Waals surface area contributed by atoms with E-state index in [2.05, 4.69) is 0 Å². The molecule has 0 bridgehead atoms. The van der Waals surface area contributed by atoms with Gasteiger partial charge in [0.1, 0.15) is 36.6 Å². The first-order valence-electron chi connectivity index (χ1n) is 5.89. The molecule has 2 aliphatic heterocycles. The monoisotopic (exact) mass is 282 g/mol. The third kappa shape index (κ3) is 3.05. The van der Waals surface area contributed by atoms with Gasteiger partial charge in [-0.3, -0.25) is 0 Å². The average Bonchev–Trinajstić information content (AvgIpc) is 2.39. The molecule has 9 nitrogen and oxygen atoms in total. The minimum absolute atomic E-state index is 0.218. The van der Waals surface area contributed by atoms with Gasteiger partial charge in [0.05, 0.1) is 13.2 Å². The van der Waals surface area contributed by atoms with Crippen molar-refractivity contribution in [1.29, 1.82) is 0 Å². The summed E-state index contributed by atoms with van der Waals surface area (Å²) in [5.41, 5.74) is 0. The Hall–Kier alpha value is -0.360. The molecule has 112 valence electrons. The summed E-state index contributed by atoms with van der Waals surface area (Å²) >= 11 is 0. The third-order valence-corrected chi connectivity index (χ3v) is 3.22. The minimum atomic E-state index is -1.55. The summed E-state index contributed by atoms with van der Waals surface area (Å²) in [7, 11) is 0. The molecule has 2 aliphatic rings. The maximum absolute atomic E-state index is 9.68. The smallest absolute Gasteiger partial charge is 0.186 e. The maximum atomic E-state index is 9.68. The van der Waals surface area contributed by atoms with E-state index in [1.54, 1.807) is 0 Å². The Morgan fingerprint density at radius 3 is 2.11 bits per heavy atom. The first-order valence-corrected chi connectivity index (χ1v) is 5.89. The van der Waals surface area contributed by atoms with Gasteiger partial charge in [-0.2, -0.15) is 0 Å². The first kappa shape index (κ1) is 15.0. The van der Waals surface area contributed by atoms with Gasteiger partial charge in [0, 0.05) is 0 Å². The molecule has 2 fully saturated rings. The first-order chi connectivity index (χ1) is 8.91. The Labute approximate surface area is 108 Å². The lowest BCUT2D eigenvalue weighted by Gasteiger charge is -2.40. The van der Waals surface area contributed by atoms with Crippen LogP contribution < -0.4 is 0 Å². The summed E-state index contributed by atoms with van der Waals surface area (Å²) in [4.78, 5) is 0. The van der Waals surface area contributed by atoms with E-state index in [1.807, 2.05) is 0 Å². The number of ether oxygens (including phenoxy) is 3. The van der Waals surface area contributed by atoms with Gasteiger partial charge < -0.3 is 44.8 Å². The molecule has 9 heteroatoms. The number of aliphatic hydroxyl groups is 6. The number of hydrogen-bond acceptors (Lipinski definition) is 9. The Morgan fingerprint density at radius 2 is 1.42 bits per heavy atom. The molecule has 2 heterocycles. The van der Waals surface area contributed by atoms with Crippen molar-refractivity contribution in [3.8, 4) is 0 Å². The molecule has 2 saturated heterocycles. The van der Waals surface area contributed by atoms with Gasteiger partial charge in [0.15, 0.2) is 12.6 Å². The Balaban J connectivity index is 1.94. The largest absolute Gasteiger partial charge is 0.388 e. The van der Waals surface area contributed by atoms with Crippen LogP contribution in [0.25, 0.3) is 0 Å². The van der Waals surface area contributed by atoms with Crippen LogP contribution in [0.1, 0.15) is 0 Å². The van der Waals surface area contributed by atoms with Crippen LogP contribution in [-0.2, 0) is 14.2 Å². The zero-order valence-corrected chi connectivity index (χ0v) is 9.94. The van der Waals surface area contributed by atoms with Crippen molar-refractivity contribution in [1.82, 2.24) is 0 Å². The van der Waals surface area contributed by atoms with Gasteiger partial charge >= 0.3 is 0 Å². The highest BCUT2D eigenvalue weighted by molar-refractivity contribution is 4.87. The average molecular weight is 282 g/mol. The summed E-state index contributed by atoms with van der Waals surface area (Å²) < 4.78 is 15.0. The molecular formula is C10H18O9. The van der Waals surface area contributed by atoms with Gasteiger partial charge in [-0.1, -0.05) is 0 Å². The lowest BCUT2D eigenvalue weighted by molar-refractivity contribution is -0.323. The van der Waals surface area contributed by atoms with Crippen LogP contribution >= 0.6 is 0 Å². The summed E-state index contributed by atoms with van der Waals surface area (Å²) in [5.74, 6) is 0. The van der Waals surface area contributed by atoms with E-state index < -0.39 is 49.2 Å². The number of hydrogen-bond donors (Lipinski definition) is 6. The summed E-state index contributed by atoms with van der Waals surface area (Å²) in [6.07, 6.45) is -11.0. The Morgan fingerprint density at radius 1 is 0.737 bits per heavy atom. The lowest BCUT2D eigenvalue weighted by atomic mass is 10.0. The molecule has 6 N–H and O–H groups in total. The van der Waals surface area contributed by atoms with Crippen molar-refractivity contribution >= 4 is 0 Å². The van der Waals surface area contributed by atoms with Crippen molar-refractivity contribution < 1.29 is 44.8 Å². The highest BCUT2D eigenvalue weighted by Gasteiger charge is 2.44. The van der Waals surface area contributed by atoms with E-state index in [0.717, 1.165) is 0 Å². The van der Waals surface area contributed by atoms with E-state index >= 15 is 0 Å². The van der Waals surface area contributed by atoms with Crippen LogP contribution in [-0.4, -0.2) is 93.1 Å². The van der Waals surface area contributed by atoms with Crippen LogP contribution in [0, 0.1) is 0 Å². The zero-order valence-electron chi connectivity index (χ0n) is 9.94. The molecule has 0 aromatic rings. The standard InChI is InChI=1S/C10H18O9/c11-3-1-18-10(8(15)5(3)12)19-4-2-17-9(16)7(14)6(4)13/h3-16H,1-2H2/t3-,4+,5+,6+,7-,8-,9-,10+/m1/s1. The van der Waals surface area contributed by atoms with Crippen LogP contribution in [0.2, 0.25) is 0 Å². The second kappa shape index (κ2) is 5.95. The van der Waals surface area contributed by atoms with E-state index in [1.165, 1.54) is 0 Å². The van der Waals surface area contributed by atoms with E-state index in [0.29, 0.717) is 0 Å². The third-order valence-electron chi connectivity index (χ3n) is 3.22. The van der Waals surface area contributed by atoms with Gasteiger partial charge in [-0.15, -0.1) is 0 Å². The highest BCUT2D eigenvalue weighted by Crippen LogP contribution is 2.22. The summed E-state index contributed by atoms with van der Waals surface area (Å²) in [6, 6.07) is 0. The second-order valence-corrected chi connectivity index (χ2v) is 4.63. The fourth-order valence-corrected chi connectivity index (χ4v) is 1.97. The maximum Gasteiger partial charge on any atom is 0.186 e. The van der Waals surface area contributed by atoms with Gasteiger partial charge in [-0.25, -0.2) is 0 Å². The molecule has 0 spiro atoms. The predicted octanol–water partition coefficient (Wildman–Crippen LogP) is -4.12. The normalized spacial score (nSPS) is 52.1. The molecule has 0 aliphatic carbocycles. The second-order valence-electron chi connectivity index (χ2n) is 4.63. The molecule has 19 heavy (non-hydrogen) atoms. The predicted molar refractivity (Wildman–Crippen MR) is 56.6 cm³/mol. The lowest BCUT2D eigenvalue weighted by Crippen LogP contribution is -2.59. The summed E-state index contributed by atoms with van der Waals surface area (Å²) in [6.45, 7) is -0.456. The minimum Gasteiger partial charge on any atom is -0.388 e. The SMILES string of the molecule is O[C@@H]1[C@@H](O)[C@H](O[C@H]2CO[C@@H](O)[C@H](O)[C@H]2O)OC[C@H]1O. The fourth-order valence-electron chi connectivity index (χ4n) is 1.97. The Kier molecular flexibility index (Phi) is 4.71. The van der Waals surface area contributed by atoms with Crippen molar-refractivity contribution in [3.63, 3.8) is 0 Å². The van der Waals surface area contributed by atoms with Crippen molar-refractivity contribution in [2.75, 3.05) is 13.2 Å². The van der Waals surface area contributed by atoms with E-state index in [9.17, 15) is 25.5 Å². The quantitative estimate of drug-likeness (QED) is 0.297. The summed E-state index contributed by atoms with van der Waals surface area (Å²) in [5, 5.41) is 56.6. The number of rotatable bonds is 2. The molecule has 0 aromatic carbocycles. The van der Waals surface area contributed by atoms with Crippen LogP contribution in [0.15, 0.2) is 0 Å². The molecular weight excluding hydrogens is 264 g/mol. The Bertz CT molecular complexity index is 273. The number of aliphatic hydroxyl groups excluding tert-OH is 6.